The molecule has 1 aromatic carbocycles. The first kappa shape index (κ1) is 16.1. The van der Waals surface area contributed by atoms with Crippen LogP contribution in [0.3, 0.4) is 0 Å². The zero-order valence-electron chi connectivity index (χ0n) is 11.4. The average Bonchev–Trinajstić information content (AvgIpc) is 2.91. The van der Waals surface area contributed by atoms with Crippen molar-refractivity contribution >= 4 is 40.8 Å². The van der Waals surface area contributed by atoms with E-state index in [1.165, 1.54) is 6.92 Å². The fraction of sp³-hybridized carbons (Fsp3) is 0.429. The SMILES string of the molecule is C[C@H](OC(=O)[C@H]1CCCO1)C(=O)Nc1cc(Cl)cc(Cl)c1. The molecule has 1 amide bonds. The summed E-state index contributed by atoms with van der Waals surface area (Å²) in [5.74, 6) is -0.973. The molecule has 2 rings (SSSR count). The lowest BCUT2D eigenvalue weighted by Gasteiger charge is -2.16. The number of carbonyl (C=O) groups excluding carboxylic acids is 2. The number of anilines is 1. The van der Waals surface area contributed by atoms with E-state index in [4.69, 9.17) is 32.7 Å². The lowest BCUT2D eigenvalue weighted by molar-refractivity contribution is -0.162. The Kier molecular flexibility index (Phi) is 5.45. The van der Waals surface area contributed by atoms with Gasteiger partial charge in [0.05, 0.1) is 0 Å². The van der Waals surface area contributed by atoms with Gasteiger partial charge in [0.25, 0.3) is 5.91 Å². The number of ether oxygens (including phenoxy) is 2. The maximum atomic E-state index is 12.0. The summed E-state index contributed by atoms with van der Waals surface area (Å²) in [5, 5.41) is 3.40. The summed E-state index contributed by atoms with van der Waals surface area (Å²) < 4.78 is 10.3. The van der Waals surface area contributed by atoms with Gasteiger partial charge in [0.2, 0.25) is 0 Å². The summed E-state index contributed by atoms with van der Waals surface area (Å²) in [7, 11) is 0. The number of esters is 1. The third-order valence-corrected chi connectivity index (χ3v) is 3.42. The van der Waals surface area contributed by atoms with Crippen LogP contribution < -0.4 is 5.32 Å². The van der Waals surface area contributed by atoms with Gasteiger partial charge in [-0.05, 0) is 38.0 Å². The highest BCUT2D eigenvalue weighted by molar-refractivity contribution is 6.35. The lowest BCUT2D eigenvalue weighted by Crippen LogP contribution is -2.34. The highest BCUT2D eigenvalue weighted by Crippen LogP contribution is 2.22. The van der Waals surface area contributed by atoms with Crippen molar-refractivity contribution in [3.05, 3.63) is 28.2 Å². The van der Waals surface area contributed by atoms with Crippen molar-refractivity contribution in [2.24, 2.45) is 0 Å². The predicted molar refractivity (Wildman–Crippen MR) is 79.6 cm³/mol. The van der Waals surface area contributed by atoms with Gasteiger partial charge < -0.3 is 14.8 Å². The molecule has 0 aromatic heterocycles. The summed E-state index contributed by atoms with van der Waals surface area (Å²) in [6.07, 6.45) is -0.0568. The van der Waals surface area contributed by atoms with Gasteiger partial charge >= 0.3 is 5.97 Å². The molecule has 0 saturated carbocycles. The van der Waals surface area contributed by atoms with Crippen LogP contribution in [-0.2, 0) is 19.1 Å². The molecule has 0 bridgehead atoms. The first-order valence-electron chi connectivity index (χ1n) is 6.55. The highest BCUT2D eigenvalue weighted by Gasteiger charge is 2.28. The van der Waals surface area contributed by atoms with Crippen LogP contribution in [0.1, 0.15) is 19.8 Å². The minimum Gasteiger partial charge on any atom is -0.451 e. The molecular formula is C14H15Cl2NO4. The van der Waals surface area contributed by atoms with E-state index in [1.807, 2.05) is 0 Å². The Morgan fingerprint density at radius 3 is 2.57 bits per heavy atom. The standard InChI is InChI=1S/C14H15Cl2NO4/c1-8(21-14(19)12-3-2-4-20-12)13(18)17-11-6-9(15)5-10(16)7-11/h5-8,12H,2-4H2,1H3,(H,17,18)/t8-,12+/m0/s1. The predicted octanol–water partition coefficient (Wildman–Crippen LogP) is 3.04. The molecule has 1 aromatic rings. The monoisotopic (exact) mass is 331 g/mol. The third-order valence-electron chi connectivity index (χ3n) is 2.98. The molecule has 0 unspecified atom stereocenters. The lowest BCUT2D eigenvalue weighted by atomic mass is 10.2. The Morgan fingerprint density at radius 2 is 2.00 bits per heavy atom. The maximum Gasteiger partial charge on any atom is 0.336 e. The van der Waals surface area contributed by atoms with Crippen LogP contribution in [0.15, 0.2) is 18.2 Å². The van der Waals surface area contributed by atoms with E-state index in [1.54, 1.807) is 18.2 Å². The second-order valence-electron chi connectivity index (χ2n) is 4.73. The Morgan fingerprint density at radius 1 is 1.33 bits per heavy atom. The first-order valence-corrected chi connectivity index (χ1v) is 7.30. The number of carbonyl (C=O) groups is 2. The van der Waals surface area contributed by atoms with Gasteiger partial charge in [0, 0.05) is 22.3 Å². The van der Waals surface area contributed by atoms with Crippen LogP contribution >= 0.6 is 23.2 Å². The van der Waals surface area contributed by atoms with E-state index in [-0.39, 0.29) is 0 Å². The Balaban J connectivity index is 1.91. The van der Waals surface area contributed by atoms with Crippen LogP contribution in [0, 0.1) is 0 Å². The number of benzene rings is 1. The van der Waals surface area contributed by atoms with E-state index in [0.717, 1.165) is 6.42 Å². The maximum absolute atomic E-state index is 12.0. The normalized spacial score (nSPS) is 19.1. The summed E-state index contributed by atoms with van der Waals surface area (Å²) >= 11 is 11.7. The van der Waals surface area contributed by atoms with E-state index in [9.17, 15) is 9.59 Å². The zero-order chi connectivity index (χ0) is 15.4. The van der Waals surface area contributed by atoms with E-state index >= 15 is 0 Å². The molecule has 2 atom stereocenters. The molecule has 1 aliphatic rings. The van der Waals surface area contributed by atoms with Crippen molar-refractivity contribution in [3.8, 4) is 0 Å². The topological polar surface area (TPSA) is 64.6 Å². The van der Waals surface area contributed by atoms with Crippen LogP contribution in [0.2, 0.25) is 10.0 Å². The molecule has 1 aliphatic heterocycles. The van der Waals surface area contributed by atoms with Gasteiger partial charge in [0.1, 0.15) is 0 Å². The number of hydrogen-bond donors (Lipinski definition) is 1. The molecule has 21 heavy (non-hydrogen) atoms. The molecule has 114 valence electrons. The Labute approximate surface area is 132 Å². The molecule has 0 spiro atoms. The molecule has 0 aliphatic carbocycles. The van der Waals surface area contributed by atoms with Crippen molar-refractivity contribution in [1.29, 1.82) is 0 Å². The molecule has 7 heteroatoms. The van der Waals surface area contributed by atoms with Crippen LogP contribution in [0.5, 0.6) is 0 Å². The molecule has 0 radical (unpaired) electrons. The Bertz CT molecular complexity index is 524. The number of halogens is 2. The summed E-state index contributed by atoms with van der Waals surface area (Å²) in [5.41, 5.74) is 0.442. The van der Waals surface area contributed by atoms with Crippen LogP contribution in [0.4, 0.5) is 5.69 Å². The third kappa shape index (κ3) is 4.59. The number of amides is 1. The second-order valence-corrected chi connectivity index (χ2v) is 5.60. The average molecular weight is 332 g/mol. The van der Waals surface area contributed by atoms with Crippen LogP contribution in [-0.4, -0.2) is 30.7 Å². The molecule has 5 nitrogen and oxygen atoms in total. The minimum atomic E-state index is -0.931. The van der Waals surface area contributed by atoms with E-state index in [0.29, 0.717) is 28.8 Å². The molecular weight excluding hydrogens is 317 g/mol. The quantitative estimate of drug-likeness (QED) is 0.861. The van der Waals surface area contributed by atoms with Gasteiger partial charge in [0.15, 0.2) is 12.2 Å². The van der Waals surface area contributed by atoms with Crippen molar-refractivity contribution < 1.29 is 19.1 Å². The largest absolute Gasteiger partial charge is 0.451 e. The number of rotatable bonds is 4. The van der Waals surface area contributed by atoms with Gasteiger partial charge in [-0.25, -0.2) is 4.79 Å². The van der Waals surface area contributed by atoms with Gasteiger partial charge in [-0.2, -0.15) is 0 Å². The summed E-state index contributed by atoms with van der Waals surface area (Å²) in [4.78, 5) is 23.7. The van der Waals surface area contributed by atoms with Crippen molar-refractivity contribution in [2.75, 3.05) is 11.9 Å². The highest BCUT2D eigenvalue weighted by atomic mass is 35.5. The Hall–Kier alpha value is -1.30. The summed E-state index contributed by atoms with van der Waals surface area (Å²) in [6.45, 7) is 2.04. The number of nitrogens with one attached hydrogen (secondary N) is 1. The first-order chi connectivity index (χ1) is 9.95. The fourth-order valence-electron chi connectivity index (χ4n) is 1.94. The zero-order valence-corrected chi connectivity index (χ0v) is 12.9. The molecule has 1 saturated heterocycles. The summed E-state index contributed by atoms with van der Waals surface area (Å²) in [6, 6.07) is 4.67. The van der Waals surface area contributed by atoms with Crippen molar-refractivity contribution in [2.45, 2.75) is 32.0 Å². The van der Waals surface area contributed by atoms with E-state index < -0.39 is 24.1 Å². The molecule has 1 N–H and O–H groups in total. The molecule has 1 fully saturated rings. The second kappa shape index (κ2) is 7.11. The van der Waals surface area contributed by atoms with Crippen LogP contribution in [0.25, 0.3) is 0 Å². The van der Waals surface area contributed by atoms with E-state index in [2.05, 4.69) is 5.32 Å². The van der Waals surface area contributed by atoms with Gasteiger partial charge in [-0.3, -0.25) is 4.79 Å². The minimum absolute atomic E-state index is 0.404. The van der Waals surface area contributed by atoms with Gasteiger partial charge in [-0.15, -0.1) is 0 Å². The van der Waals surface area contributed by atoms with Crippen molar-refractivity contribution in [1.82, 2.24) is 0 Å². The molecule has 1 heterocycles. The fourth-order valence-corrected chi connectivity index (χ4v) is 2.46. The smallest absolute Gasteiger partial charge is 0.336 e. The van der Waals surface area contributed by atoms with Gasteiger partial charge in [-0.1, -0.05) is 23.2 Å². The number of hydrogen-bond acceptors (Lipinski definition) is 4. The van der Waals surface area contributed by atoms with Crippen molar-refractivity contribution in [3.63, 3.8) is 0 Å².